The van der Waals surface area contributed by atoms with Crippen LogP contribution in [0.3, 0.4) is 0 Å². The van der Waals surface area contributed by atoms with Crippen molar-refractivity contribution in [3.8, 4) is 11.3 Å². The summed E-state index contributed by atoms with van der Waals surface area (Å²) in [6.45, 7) is 3.45. The summed E-state index contributed by atoms with van der Waals surface area (Å²) in [5.74, 6) is 0.329. The Hall–Kier alpha value is -4.79. The number of nitrogens with one attached hydrogen (secondary N) is 4. The summed E-state index contributed by atoms with van der Waals surface area (Å²) in [5.41, 5.74) is 4.56. The first-order valence-corrected chi connectivity index (χ1v) is 12.1. The minimum Gasteiger partial charge on any atom is -0.370 e. The van der Waals surface area contributed by atoms with Crippen LogP contribution < -0.4 is 21.3 Å². The normalized spacial score (nSPS) is 10.4. The van der Waals surface area contributed by atoms with Crippen LogP contribution in [-0.2, 0) is 13.0 Å². The number of rotatable bonds is 10. The highest BCUT2D eigenvalue weighted by Gasteiger charge is 2.14. The van der Waals surface area contributed by atoms with Crippen molar-refractivity contribution in [2.75, 3.05) is 23.7 Å². The van der Waals surface area contributed by atoms with Crippen molar-refractivity contribution in [3.63, 3.8) is 0 Å². The molecule has 9 heteroatoms. The van der Waals surface area contributed by atoms with Gasteiger partial charge in [0, 0.05) is 61.6 Å². The highest BCUT2D eigenvalue weighted by atomic mass is 16.2. The molecule has 3 amide bonds. The topological polar surface area (TPSA) is 121 Å². The Morgan fingerprint density at radius 3 is 2.49 bits per heavy atom. The Kier molecular flexibility index (Phi) is 8.74. The number of hydrogen-bond donors (Lipinski definition) is 4. The zero-order chi connectivity index (χ0) is 25.9. The van der Waals surface area contributed by atoms with Gasteiger partial charge in [-0.05, 0) is 55.0 Å². The monoisotopic (exact) mass is 495 g/mol. The number of benzene rings is 1. The van der Waals surface area contributed by atoms with Crippen molar-refractivity contribution in [2.45, 2.75) is 19.9 Å². The number of carbonyl (C=O) groups excluding carboxylic acids is 2. The second-order valence-corrected chi connectivity index (χ2v) is 8.20. The van der Waals surface area contributed by atoms with Crippen LogP contribution in [0.15, 0.2) is 85.3 Å². The molecule has 0 aliphatic carbocycles. The molecule has 0 aliphatic heterocycles. The van der Waals surface area contributed by atoms with Gasteiger partial charge in [0.1, 0.15) is 5.82 Å². The van der Waals surface area contributed by atoms with Crippen molar-refractivity contribution < 1.29 is 9.59 Å². The SMILES string of the molecule is CCNc1nc(-c2ccc(NC(=O)NCc3cccnc3)cc2)ccc1C(=O)NCCc1ccccn1. The van der Waals surface area contributed by atoms with E-state index in [4.69, 9.17) is 0 Å². The molecule has 0 radical (unpaired) electrons. The van der Waals surface area contributed by atoms with E-state index in [-0.39, 0.29) is 11.9 Å². The third-order valence-corrected chi connectivity index (χ3v) is 5.49. The highest BCUT2D eigenvalue weighted by Crippen LogP contribution is 2.23. The van der Waals surface area contributed by atoms with Crippen LogP contribution in [0, 0.1) is 0 Å². The second-order valence-electron chi connectivity index (χ2n) is 8.20. The molecule has 0 saturated carbocycles. The van der Waals surface area contributed by atoms with Crippen LogP contribution >= 0.6 is 0 Å². The van der Waals surface area contributed by atoms with E-state index in [2.05, 4.69) is 36.2 Å². The number of urea groups is 1. The number of aromatic nitrogens is 3. The van der Waals surface area contributed by atoms with Crippen molar-refractivity contribution in [1.29, 1.82) is 0 Å². The lowest BCUT2D eigenvalue weighted by Crippen LogP contribution is -2.28. The Morgan fingerprint density at radius 2 is 1.76 bits per heavy atom. The third-order valence-electron chi connectivity index (χ3n) is 5.49. The average Bonchev–Trinajstić information content (AvgIpc) is 2.93. The van der Waals surface area contributed by atoms with Gasteiger partial charge in [-0.15, -0.1) is 0 Å². The summed E-state index contributed by atoms with van der Waals surface area (Å²) in [4.78, 5) is 38.0. The van der Waals surface area contributed by atoms with E-state index in [0.29, 0.717) is 48.8 Å². The Balaban J connectivity index is 1.37. The first-order chi connectivity index (χ1) is 18.1. The van der Waals surface area contributed by atoms with E-state index < -0.39 is 0 Å². The maximum atomic E-state index is 12.8. The van der Waals surface area contributed by atoms with Crippen molar-refractivity contribution in [3.05, 3.63) is 102 Å². The Labute approximate surface area is 215 Å². The summed E-state index contributed by atoms with van der Waals surface area (Å²) in [5, 5.41) is 11.8. The molecule has 3 aromatic heterocycles. The van der Waals surface area contributed by atoms with Crippen molar-refractivity contribution in [1.82, 2.24) is 25.6 Å². The van der Waals surface area contributed by atoms with Crippen LogP contribution in [-0.4, -0.2) is 40.0 Å². The van der Waals surface area contributed by atoms with Gasteiger partial charge >= 0.3 is 6.03 Å². The third kappa shape index (κ3) is 7.35. The Bertz CT molecular complexity index is 1310. The second kappa shape index (κ2) is 12.8. The van der Waals surface area contributed by atoms with Gasteiger partial charge in [0.2, 0.25) is 0 Å². The van der Waals surface area contributed by atoms with E-state index in [1.807, 2.05) is 67.6 Å². The fourth-order valence-corrected chi connectivity index (χ4v) is 3.64. The molecule has 188 valence electrons. The van der Waals surface area contributed by atoms with Gasteiger partial charge in [-0.2, -0.15) is 0 Å². The number of carbonyl (C=O) groups is 2. The maximum Gasteiger partial charge on any atom is 0.319 e. The van der Waals surface area contributed by atoms with E-state index in [9.17, 15) is 9.59 Å². The predicted octanol–water partition coefficient (Wildman–Crippen LogP) is 4.26. The summed E-state index contributed by atoms with van der Waals surface area (Å²) >= 11 is 0. The summed E-state index contributed by atoms with van der Waals surface area (Å²) < 4.78 is 0. The van der Waals surface area contributed by atoms with E-state index >= 15 is 0 Å². The molecule has 0 fully saturated rings. The summed E-state index contributed by atoms with van der Waals surface area (Å²) in [6.07, 6.45) is 5.79. The van der Waals surface area contributed by atoms with Gasteiger partial charge in [-0.25, -0.2) is 9.78 Å². The predicted molar refractivity (Wildman–Crippen MR) is 144 cm³/mol. The van der Waals surface area contributed by atoms with Gasteiger partial charge < -0.3 is 21.3 Å². The zero-order valence-electron chi connectivity index (χ0n) is 20.6. The zero-order valence-corrected chi connectivity index (χ0v) is 20.6. The molecule has 0 saturated heterocycles. The Morgan fingerprint density at radius 1 is 0.892 bits per heavy atom. The highest BCUT2D eigenvalue weighted by molar-refractivity contribution is 5.99. The summed E-state index contributed by atoms with van der Waals surface area (Å²) in [7, 11) is 0. The molecule has 0 aliphatic rings. The first-order valence-electron chi connectivity index (χ1n) is 12.1. The van der Waals surface area contributed by atoms with Gasteiger partial charge in [-0.3, -0.25) is 14.8 Å². The minimum atomic E-state index is -0.303. The fourth-order valence-electron chi connectivity index (χ4n) is 3.64. The molecular formula is C28H29N7O2. The minimum absolute atomic E-state index is 0.192. The van der Waals surface area contributed by atoms with Crippen molar-refractivity contribution in [2.24, 2.45) is 0 Å². The lowest BCUT2D eigenvalue weighted by Gasteiger charge is -2.13. The summed E-state index contributed by atoms with van der Waals surface area (Å²) in [6, 6.07) is 20.1. The maximum absolute atomic E-state index is 12.8. The lowest BCUT2D eigenvalue weighted by atomic mass is 10.1. The smallest absolute Gasteiger partial charge is 0.319 e. The van der Waals surface area contributed by atoms with Gasteiger partial charge in [0.05, 0.1) is 11.3 Å². The molecule has 0 bridgehead atoms. The fraction of sp³-hybridized carbons (Fsp3) is 0.179. The average molecular weight is 496 g/mol. The van der Waals surface area contributed by atoms with Gasteiger partial charge in [-0.1, -0.05) is 24.3 Å². The van der Waals surface area contributed by atoms with E-state index in [1.165, 1.54) is 0 Å². The lowest BCUT2D eigenvalue weighted by molar-refractivity contribution is 0.0954. The van der Waals surface area contributed by atoms with Gasteiger partial charge in [0.25, 0.3) is 5.91 Å². The quantitative estimate of drug-likeness (QED) is 0.261. The molecule has 4 aromatic rings. The van der Waals surface area contributed by atoms with Crippen LogP contribution in [0.2, 0.25) is 0 Å². The largest absolute Gasteiger partial charge is 0.370 e. The van der Waals surface area contributed by atoms with Crippen LogP contribution in [0.4, 0.5) is 16.3 Å². The number of hydrogen-bond acceptors (Lipinski definition) is 6. The van der Waals surface area contributed by atoms with E-state index in [1.54, 1.807) is 24.7 Å². The molecule has 0 atom stereocenters. The molecule has 4 rings (SSSR count). The van der Waals surface area contributed by atoms with Crippen LogP contribution in [0.1, 0.15) is 28.5 Å². The van der Waals surface area contributed by atoms with Gasteiger partial charge in [0.15, 0.2) is 0 Å². The van der Waals surface area contributed by atoms with Crippen LogP contribution in [0.5, 0.6) is 0 Å². The molecule has 9 nitrogen and oxygen atoms in total. The first kappa shape index (κ1) is 25.3. The number of pyridine rings is 3. The van der Waals surface area contributed by atoms with E-state index in [0.717, 1.165) is 16.8 Å². The number of amides is 3. The number of nitrogens with zero attached hydrogens (tertiary/aromatic N) is 3. The molecule has 37 heavy (non-hydrogen) atoms. The van der Waals surface area contributed by atoms with Crippen LogP contribution in [0.25, 0.3) is 11.3 Å². The molecule has 0 unspecified atom stereocenters. The molecule has 1 aromatic carbocycles. The molecule has 3 heterocycles. The molecular weight excluding hydrogens is 466 g/mol. The van der Waals surface area contributed by atoms with Crippen molar-refractivity contribution >= 4 is 23.4 Å². The number of anilines is 2. The standard InChI is InChI=1S/C28H29N7O2/c1-2-30-26-24(27(36)32-17-14-22-7-3-4-16-31-22)12-13-25(35-26)21-8-10-23(11-9-21)34-28(37)33-19-20-6-5-15-29-18-20/h3-13,15-16,18H,2,14,17,19H2,1H3,(H,30,35)(H,32,36)(H2,33,34,37). The molecule has 0 spiro atoms. The molecule has 4 N–H and O–H groups in total.